The van der Waals surface area contributed by atoms with E-state index in [-0.39, 0.29) is 11.2 Å². The maximum absolute atomic E-state index is 14.9. The highest BCUT2D eigenvalue weighted by molar-refractivity contribution is 5.73. The number of halogens is 2. The van der Waals surface area contributed by atoms with E-state index in [1.807, 2.05) is 0 Å². The minimum Gasteiger partial charge on any atom is -0.481 e. The van der Waals surface area contributed by atoms with Crippen LogP contribution in [0, 0.1) is 11.6 Å². The number of aliphatic hydroxyl groups is 1. The molecule has 0 radical (unpaired) electrons. The smallest absolute Gasteiger partial charge is 0.212 e. The first-order chi connectivity index (χ1) is 13.8. The fraction of sp³-hybridized carbons (Fsp3) is 0.182. The third kappa shape index (κ3) is 3.34. The number of fused-ring (bicyclic) bond motifs is 1. The molecular formula is C22H19F2N3O2. The molecule has 29 heavy (non-hydrogen) atoms. The normalized spacial score (nSPS) is 11.8. The molecule has 0 unspecified atom stereocenters. The van der Waals surface area contributed by atoms with Crippen molar-refractivity contribution >= 4 is 5.65 Å². The summed E-state index contributed by atoms with van der Waals surface area (Å²) < 4.78 is 35.9. The molecule has 0 spiro atoms. The number of methoxy groups -OCH3 is 1. The van der Waals surface area contributed by atoms with E-state index in [9.17, 15) is 13.9 Å². The Labute approximate surface area is 166 Å². The van der Waals surface area contributed by atoms with E-state index in [1.54, 1.807) is 34.9 Å². The van der Waals surface area contributed by atoms with Crippen LogP contribution in [0.4, 0.5) is 8.78 Å². The van der Waals surface area contributed by atoms with Gasteiger partial charge in [0.2, 0.25) is 5.88 Å². The van der Waals surface area contributed by atoms with Gasteiger partial charge >= 0.3 is 0 Å². The van der Waals surface area contributed by atoms with Gasteiger partial charge in [0.15, 0.2) is 11.5 Å². The maximum atomic E-state index is 14.9. The second kappa shape index (κ2) is 6.93. The third-order valence-corrected chi connectivity index (χ3v) is 4.80. The summed E-state index contributed by atoms with van der Waals surface area (Å²) in [6.45, 7) is 3.03. The van der Waals surface area contributed by atoms with E-state index in [4.69, 9.17) is 4.74 Å². The number of aromatic nitrogens is 3. The monoisotopic (exact) mass is 395 g/mol. The van der Waals surface area contributed by atoms with Gasteiger partial charge in [0.25, 0.3) is 0 Å². The Bertz CT molecular complexity index is 1200. The minimum atomic E-state index is -1.33. The molecule has 0 atom stereocenters. The number of pyridine rings is 2. The predicted molar refractivity (Wildman–Crippen MR) is 106 cm³/mol. The van der Waals surface area contributed by atoms with Crippen molar-refractivity contribution in [2.24, 2.45) is 0 Å². The molecule has 0 fully saturated rings. The highest BCUT2D eigenvalue weighted by Crippen LogP contribution is 2.31. The van der Waals surface area contributed by atoms with Gasteiger partial charge in [-0.15, -0.1) is 0 Å². The van der Waals surface area contributed by atoms with Crippen LogP contribution < -0.4 is 4.74 Å². The molecule has 3 aromatic heterocycles. The van der Waals surface area contributed by atoms with Crippen molar-refractivity contribution in [3.63, 3.8) is 0 Å². The van der Waals surface area contributed by atoms with Crippen molar-refractivity contribution in [3.05, 3.63) is 72.2 Å². The summed E-state index contributed by atoms with van der Waals surface area (Å²) in [4.78, 5) is 8.29. The molecule has 5 nitrogen and oxygen atoms in total. The maximum Gasteiger partial charge on any atom is 0.212 e. The van der Waals surface area contributed by atoms with Gasteiger partial charge in [-0.25, -0.2) is 18.7 Å². The van der Waals surface area contributed by atoms with Crippen molar-refractivity contribution in [2.45, 2.75) is 19.4 Å². The Kier molecular flexibility index (Phi) is 4.55. The minimum absolute atomic E-state index is 0.0941. The van der Waals surface area contributed by atoms with E-state index in [0.717, 1.165) is 0 Å². The lowest BCUT2D eigenvalue weighted by Gasteiger charge is -2.18. The van der Waals surface area contributed by atoms with Gasteiger partial charge < -0.3 is 9.84 Å². The summed E-state index contributed by atoms with van der Waals surface area (Å²) in [5, 5.41) is 10.1. The highest BCUT2D eigenvalue weighted by atomic mass is 19.1. The average Bonchev–Trinajstić information content (AvgIpc) is 3.13. The molecule has 0 aliphatic heterocycles. The lowest BCUT2D eigenvalue weighted by atomic mass is 9.99. The Morgan fingerprint density at radius 2 is 1.76 bits per heavy atom. The summed E-state index contributed by atoms with van der Waals surface area (Å²) in [7, 11) is 1.51. The number of benzene rings is 1. The zero-order chi connectivity index (χ0) is 20.8. The van der Waals surface area contributed by atoms with Gasteiger partial charge in [0.05, 0.1) is 24.6 Å². The largest absolute Gasteiger partial charge is 0.481 e. The molecule has 0 bridgehead atoms. The molecule has 4 aromatic rings. The number of ether oxygens (including phenoxy) is 1. The van der Waals surface area contributed by atoms with Crippen molar-refractivity contribution in [1.29, 1.82) is 0 Å². The SMILES string of the molecule is COc1ccc(-c2cc(-c3cnc4c(F)c(C(C)(C)O)ccn34)ccc2F)cn1. The molecule has 0 amide bonds. The molecule has 1 N–H and O–H groups in total. The molecule has 3 heterocycles. The van der Waals surface area contributed by atoms with Crippen LogP contribution in [0.5, 0.6) is 5.88 Å². The lowest BCUT2D eigenvalue weighted by Crippen LogP contribution is -2.18. The standard InChI is InChI=1S/C22H19F2N3O2/c1-22(2,28)16-8-9-27-18(12-26-21(27)20(16)24)13-4-6-17(23)15(10-13)14-5-7-19(29-3)25-11-14/h4-12,28H,1-3H3. The Hall–Kier alpha value is -3.32. The zero-order valence-electron chi connectivity index (χ0n) is 16.1. The number of imidazole rings is 1. The highest BCUT2D eigenvalue weighted by Gasteiger charge is 2.24. The summed E-state index contributed by atoms with van der Waals surface area (Å²) in [6, 6.07) is 9.54. The van der Waals surface area contributed by atoms with Crippen LogP contribution in [0.3, 0.4) is 0 Å². The summed E-state index contributed by atoms with van der Waals surface area (Å²) in [6.07, 6.45) is 4.70. The molecule has 0 aliphatic carbocycles. The summed E-state index contributed by atoms with van der Waals surface area (Å²) in [5.74, 6) is -0.553. The van der Waals surface area contributed by atoms with E-state index >= 15 is 0 Å². The Balaban J connectivity index is 1.83. The van der Waals surface area contributed by atoms with Crippen LogP contribution in [0.2, 0.25) is 0 Å². The van der Waals surface area contributed by atoms with Gasteiger partial charge in [0.1, 0.15) is 5.82 Å². The third-order valence-electron chi connectivity index (χ3n) is 4.80. The van der Waals surface area contributed by atoms with Crippen molar-refractivity contribution in [1.82, 2.24) is 14.4 Å². The first kappa shape index (κ1) is 19.0. The van der Waals surface area contributed by atoms with Gasteiger partial charge in [0, 0.05) is 40.7 Å². The second-order valence-corrected chi connectivity index (χ2v) is 7.22. The fourth-order valence-electron chi connectivity index (χ4n) is 3.27. The molecule has 1 aromatic carbocycles. The first-order valence-electron chi connectivity index (χ1n) is 8.98. The predicted octanol–water partition coefficient (Wildman–Crippen LogP) is 4.58. The fourth-order valence-corrected chi connectivity index (χ4v) is 3.27. The van der Waals surface area contributed by atoms with Crippen LogP contribution >= 0.6 is 0 Å². The van der Waals surface area contributed by atoms with E-state index < -0.39 is 17.2 Å². The molecule has 0 saturated heterocycles. The van der Waals surface area contributed by atoms with Crippen LogP contribution in [0.1, 0.15) is 19.4 Å². The summed E-state index contributed by atoms with van der Waals surface area (Å²) in [5.41, 5.74) is 1.14. The van der Waals surface area contributed by atoms with Gasteiger partial charge in [-0.2, -0.15) is 0 Å². The topological polar surface area (TPSA) is 59.7 Å². The number of rotatable bonds is 4. The van der Waals surface area contributed by atoms with Crippen LogP contribution in [-0.4, -0.2) is 26.6 Å². The molecule has 0 aliphatic rings. The van der Waals surface area contributed by atoms with E-state index in [0.29, 0.717) is 28.3 Å². The molecule has 7 heteroatoms. The summed E-state index contributed by atoms with van der Waals surface area (Å²) >= 11 is 0. The van der Waals surface area contributed by atoms with Crippen molar-refractivity contribution in [3.8, 4) is 28.3 Å². The van der Waals surface area contributed by atoms with E-state index in [1.165, 1.54) is 45.5 Å². The molecular weight excluding hydrogens is 376 g/mol. The van der Waals surface area contributed by atoms with Crippen LogP contribution in [0.25, 0.3) is 28.0 Å². The Morgan fingerprint density at radius 3 is 2.41 bits per heavy atom. The molecule has 4 rings (SSSR count). The van der Waals surface area contributed by atoms with Crippen LogP contribution in [0.15, 0.2) is 55.0 Å². The average molecular weight is 395 g/mol. The van der Waals surface area contributed by atoms with Crippen molar-refractivity contribution < 1.29 is 18.6 Å². The Morgan fingerprint density at radius 1 is 1.00 bits per heavy atom. The van der Waals surface area contributed by atoms with Crippen molar-refractivity contribution in [2.75, 3.05) is 7.11 Å². The van der Waals surface area contributed by atoms with E-state index in [2.05, 4.69) is 9.97 Å². The van der Waals surface area contributed by atoms with Gasteiger partial charge in [-0.3, -0.25) is 4.40 Å². The van der Waals surface area contributed by atoms with Gasteiger partial charge in [-0.1, -0.05) is 0 Å². The lowest BCUT2D eigenvalue weighted by molar-refractivity contribution is 0.0746. The molecule has 0 saturated carbocycles. The number of hydrogen-bond donors (Lipinski definition) is 1. The van der Waals surface area contributed by atoms with Crippen LogP contribution in [-0.2, 0) is 5.60 Å². The number of nitrogens with zero attached hydrogens (tertiary/aromatic N) is 3. The first-order valence-corrected chi connectivity index (χ1v) is 8.98. The zero-order valence-corrected chi connectivity index (χ0v) is 16.1. The van der Waals surface area contributed by atoms with Gasteiger partial charge in [-0.05, 0) is 44.2 Å². The molecule has 148 valence electrons. The second-order valence-electron chi connectivity index (χ2n) is 7.22. The number of hydrogen-bond acceptors (Lipinski definition) is 4. The quantitative estimate of drug-likeness (QED) is 0.550.